The highest BCUT2D eigenvalue weighted by atomic mass is 19.1. The highest BCUT2D eigenvalue weighted by Gasteiger charge is 2.43. The first-order chi connectivity index (χ1) is 17.1. The van der Waals surface area contributed by atoms with Crippen LogP contribution in [0.4, 0.5) is 13.2 Å². The average molecular weight is 507 g/mol. The normalized spacial score (nSPS) is 21.2. The van der Waals surface area contributed by atoms with Gasteiger partial charge in [0.05, 0.1) is 12.6 Å². The van der Waals surface area contributed by atoms with Crippen LogP contribution in [0, 0.1) is 11.6 Å². The van der Waals surface area contributed by atoms with Crippen LogP contribution in [0.25, 0.3) is 0 Å². The molecule has 0 saturated carbocycles. The Kier molecular flexibility index (Phi) is 7.28. The number of alkyl halides is 1. The molecule has 2 aromatic rings. The van der Waals surface area contributed by atoms with Gasteiger partial charge in [-0.2, -0.15) is 0 Å². The number of nitrogens with one attached hydrogen (secondary N) is 1. The summed E-state index contributed by atoms with van der Waals surface area (Å²) in [6, 6.07) is 1.91. The van der Waals surface area contributed by atoms with Gasteiger partial charge in [0.2, 0.25) is 5.43 Å². The third kappa shape index (κ3) is 4.66. The maximum Gasteiger partial charge on any atom is 0.278 e. The number of aromatic nitrogens is 1. The minimum Gasteiger partial charge on any atom is -0.487 e. The minimum atomic E-state index is -1.27. The van der Waals surface area contributed by atoms with Crippen molar-refractivity contribution in [3.63, 3.8) is 0 Å². The lowest BCUT2D eigenvalue weighted by Crippen LogP contribution is -2.57. The monoisotopic (exact) mass is 506 g/mol. The average Bonchev–Trinajstić information content (AvgIpc) is 2.93. The first-order valence-electron chi connectivity index (χ1n) is 12.0. The van der Waals surface area contributed by atoms with Gasteiger partial charge in [0.1, 0.15) is 30.0 Å². The molecule has 3 heterocycles. The molecule has 3 atom stereocenters. The van der Waals surface area contributed by atoms with E-state index in [2.05, 4.69) is 5.32 Å². The number of halogens is 3. The van der Waals surface area contributed by atoms with Gasteiger partial charge >= 0.3 is 0 Å². The molecule has 11 heteroatoms. The zero-order valence-corrected chi connectivity index (χ0v) is 20.4. The molecule has 2 aliphatic rings. The van der Waals surface area contributed by atoms with Crippen LogP contribution in [-0.4, -0.2) is 52.9 Å². The first kappa shape index (κ1) is 25.6. The van der Waals surface area contributed by atoms with E-state index in [9.17, 15) is 27.6 Å². The van der Waals surface area contributed by atoms with Gasteiger partial charge in [0, 0.05) is 36.8 Å². The van der Waals surface area contributed by atoms with Crippen molar-refractivity contribution in [3.8, 4) is 5.75 Å². The Balaban J connectivity index is 1.76. The summed E-state index contributed by atoms with van der Waals surface area (Å²) in [4.78, 5) is 41.2. The third-order valence-corrected chi connectivity index (χ3v) is 6.72. The zero-order valence-electron chi connectivity index (χ0n) is 20.4. The molecule has 36 heavy (non-hydrogen) atoms. The fourth-order valence-corrected chi connectivity index (χ4v) is 4.46. The highest BCUT2D eigenvalue weighted by molar-refractivity contribution is 5.99. The SMILES string of the molecule is CCCCOc1c2n(cc(C(=O)NCc3ccc(F)cc3F)c1=O)N1CN(C2=O)[C@@H](C)[C@@H](F)C[C@@H]1C. The van der Waals surface area contributed by atoms with Crippen molar-refractivity contribution in [2.75, 3.05) is 18.3 Å². The van der Waals surface area contributed by atoms with Crippen LogP contribution in [0.5, 0.6) is 5.75 Å². The Morgan fingerprint density at radius 1 is 1.22 bits per heavy atom. The predicted molar refractivity (Wildman–Crippen MR) is 126 cm³/mol. The van der Waals surface area contributed by atoms with Crippen LogP contribution in [0.1, 0.15) is 66.4 Å². The van der Waals surface area contributed by atoms with E-state index < -0.39 is 41.1 Å². The summed E-state index contributed by atoms with van der Waals surface area (Å²) in [7, 11) is 0. The number of fused-ring (bicyclic) bond motifs is 4. The van der Waals surface area contributed by atoms with Gasteiger partial charge in [-0.05, 0) is 26.3 Å². The predicted octanol–water partition coefficient (Wildman–Crippen LogP) is 3.11. The van der Waals surface area contributed by atoms with Crippen molar-refractivity contribution in [3.05, 3.63) is 63.1 Å². The summed E-state index contributed by atoms with van der Waals surface area (Å²) in [5, 5.41) is 4.20. The molecule has 1 N–H and O–H groups in total. The number of carbonyl (C=O) groups is 2. The maximum atomic E-state index is 14.8. The summed E-state index contributed by atoms with van der Waals surface area (Å²) in [6.07, 6.45) is 1.51. The number of hydrogen-bond acceptors (Lipinski definition) is 5. The lowest BCUT2D eigenvalue weighted by atomic mass is 10.1. The quantitative estimate of drug-likeness (QED) is 0.584. The molecule has 0 radical (unpaired) electrons. The van der Waals surface area contributed by atoms with E-state index in [0.717, 1.165) is 12.5 Å². The fourth-order valence-electron chi connectivity index (χ4n) is 4.46. The van der Waals surface area contributed by atoms with E-state index in [1.807, 2.05) is 6.92 Å². The molecule has 0 aliphatic carbocycles. The Morgan fingerprint density at radius 3 is 2.67 bits per heavy atom. The molecule has 194 valence electrons. The molecule has 0 spiro atoms. The number of ether oxygens (including phenoxy) is 1. The molecule has 1 fully saturated rings. The molecule has 4 rings (SSSR count). The largest absolute Gasteiger partial charge is 0.487 e. The smallest absolute Gasteiger partial charge is 0.278 e. The maximum absolute atomic E-state index is 14.8. The van der Waals surface area contributed by atoms with Crippen LogP contribution < -0.4 is 20.5 Å². The van der Waals surface area contributed by atoms with Crippen molar-refractivity contribution < 1.29 is 27.5 Å². The van der Waals surface area contributed by atoms with E-state index in [1.54, 1.807) is 18.9 Å². The number of rotatable bonds is 7. The molecular weight excluding hydrogens is 477 g/mol. The van der Waals surface area contributed by atoms with Crippen molar-refractivity contribution >= 4 is 11.8 Å². The number of unbranched alkanes of at least 4 members (excludes halogenated alkanes) is 1. The standard InChI is InChI=1S/C25H29F3N4O4/c1-4-5-8-36-23-21-25(35)30-13-32(14(2)9-19(27)15(30)3)31(21)12-18(22(23)33)24(34)29-11-16-6-7-17(26)10-20(16)28/h6-7,10,12,14-15,19H,4-5,8-9,11,13H2,1-3H3,(H,29,34)/t14-,15-,19-/m0/s1. The van der Waals surface area contributed by atoms with Gasteiger partial charge < -0.3 is 15.0 Å². The van der Waals surface area contributed by atoms with Crippen LogP contribution in [0.2, 0.25) is 0 Å². The topological polar surface area (TPSA) is 83.9 Å². The number of nitrogens with zero attached hydrogens (tertiary/aromatic N) is 3. The van der Waals surface area contributed by atoms with Crippen molar-refractivity contribution in [1.82, 2.24) is 14.9 Å². The summed E-state index contributed by atoms with van der Waals surface area (Å²) in [5.41, 5.74) is -1.12. The number of carbonyl (C=O) groups excluding carboxylic acids is 2. The number of amides is 2. The van der Waals surface area contributed by atoms with Gasteiger partial charge in [-0.15, -0.1) is 0 Å². The summed E-state index contributed by atoms with van der Waals surface area (Å²) >= 11 is 0. The summed E-state index contributed by atoms with van der Waals surface area (Å²) in [5.74, 6) is -3.23. The number of hydrogen-bond donors (Lipinski definition) is 1. The van der Waals surface area contributed by atoms with Crippen LogP contribution >= 0.6 is 0 Å². The number of benzene rings is 1. The van der Waals surface area contributed by atoms with E-state index >= 15 is 0 Å². The zero-order chi connectivity index (χ0) is 26.1. The fraction of sp³-hybridized carbons (Fsp3) is 0.480. The Bertz CT molecular complexity index is 1230. The molecule has 0 unspecified atom stereocenters. The molecule has 2 amide bonds. The first-order valence-corrected chi connectivity index (χ1v) is 12.0. The van der Waals surface area contributed by atoms with Crippen molar-refractivity contribution in [1.29, 1.82) is 0 Å². The molecule has 8 nitrogen and oxygen atoms in total. The van der Waals surface area contributed by atoms with E-state index in [4.69, 9.17) is 4.74 Å². The van der Waals surface area contributed by atoms with E-state index in [-0.39, 0.29) is 54.9 Å². The van der Waals surface area contributed by atoms with Crippen molar-refractivity contribution in [2.45, 2.75) is 64.8 Å². The van der Waals surface area contributed by atoms with Crippen LogP contribution in [0.15, 0.2) is 29.2 Å². The molecule has 1 saturated heterocycles. The molecule has 2 aliphatic heterocycles. The van der Waals surface area contributed by atoms with Gasteiger partial charge in [-0.25, -0.2) is 13.2 Å². The second kappa shape index (κ2) is 10.2. The van der Waals surface area contributed by atoms with Gasteiger partial charge in [-0.1, -0.05) is 19.4 Å². The number of pyridine rings is 1. The third-order valence-electron chi connectivity index (χ3n) is 6.72. The summed E-state index contributed by atoms with van der Waals surface area (Å²) in [6.45, 7) is 5.30. The molecular formula is C25H29F3N4O4. The van der Waals surface area contributed by atoms with E-state index in [0.29, 0.717) is 12.5 Å². The van der Waals surface area contributed by atoms with Crippen LogP contribution in [0.3, 0.4) is 0 Å². The summed E-state index contributed by atoms with van der Waals surface area (Å²) < 4.78 is 49.2. The Labute approximate surface area is 206 Å². The molecule has 1 aromatic carbocycles. The lowest BCUT2D eigenvalue weighted by molar-refractivity contribution is 0.0551. The highest BCUT2D eigenvalue weighted by Crippen LogP contribution is 2.30. The Morgan fingerprint density at radius 2 is 1.97 bits per heavy atom. The second-order valence-electron chi connectivity index (χ2n) is 9.21. The van der Waals surface area contributed by atoms with Gasteiger partial charge in [0.15, 0.2) is 11.4 Å². The van der Waals surface area contributed by atoms with Gasteiger partial charge in [-0.3, -0.25) is 24.1 Å². The van der Waals surface area contributed by atoms with Gasteiger partial charge in [0.25, 0.3) is 11.8 Å². The second-order valence-corrected chi connectivity index (χ2v) is 9.21. The van der Waals surface area contributed by atoms with Crippen molar-refractivity contribution in [2.24, 2.45) is 0 Å². The lowest BCUT2D eigenvalue weighted by Gasteiger charge is -2.42. The minimum absolute atomic E-state index is 0.0390. The molecule has 1 aromatic heterocycles. The molecule has 2 bridgehead atoms. The van der Waals surface area contributed by atoms with Crippen LogP contribution in [-0.2, 0) is 6.54 Å². The van der Waals surface area contributed by atoms with E-state index in [1.165, 1.54) is 21.8 Å². The Hall–Kier alpha value is -3.50.